The lowest BCUT2D eigenvalue weighted by Gasteiger charge is -2.03. The third-order valence-corrected chi connectivity index (χ3v) is 4.90. The molecule has 0 spiro atoms. The van der Waals surface area contributed by atoms with E-state index in [0.717, 1.165) is 19.3 Å². The van der Waals surface area contributed by atoms with Crippen molar-refractivity contribution in [2.75, 3.05) is 6.54 Å². The van der Waals surface area contributed by atoms with Gasteiger partial charge >= 0.3 is 11.1 Å². The highest BCUT2D eigenvalue weighted by Gasteiger charge is 2.38. The van der Waals surface area contributed by atoms with E-state index in [1.54, 1.807) is 11.4 Å². The molecule has 102 valence electrons. The fraction of sp³-hybridized carbons (Fsp3) is 0.462. The van der Waals surface area contributed by atoms with E-state index in [2.05, 4.69) is 6.92 Å². The number of amides is 1. The molecule has 6 heteroatoms. The van der Waals surface area contributed by atoms with E-state index in [1.165, 1.54) is 27.7 Å². The molecule has 1 amide bonds. The molecule has 4 nitrogen and oxygen atoms in total. The molecule has 0 aromatic carbocycles. The zero-order valence-corrected chi connectivity index (χ0v) is 12.4. The van der Waals surface area contributed by atoms with Crippen molar-refractivity contribution < 1.29 is 14.2 Å². The maximum Gasteiger partial charge on any atom is 0.324 e. The summed E-state index contributed by atoms with van der Waals surface area (Å²) in [6.45, 7) is 2.14. The smallest absolute Gasteiger partial charge is 0.290 e. The highest BCUT2D eigenvalue weighted by Crippen LogP contribution is 2.24. The normalized spacial score (nSPS) is 19.2. The Labute approximate surface area is 120 Å². The average molecular weight is 297 g/mol. The Balaban J connectivity index is 2.02. The number of amidine groups is 1. The molecule has 0 saturated carbocycles. The Kier molecular flexibility index (Phi) is 4.76. The van der Waals surface area contributed by atoms with Crippen LogP contribution in [0.4, 0.5) is 0 Å². The summed E-state index contributed by atoms with van der Waals surface area (Å²) in [4.78, 5) is 24.2. The lowest BCUT2D eigenvalue weighted by atomic mass is 10.2. The van der Waals surface area contributed by atoms with Crippen LogP contribution in [0.15, 0.2) is 16.8 Å². The monoisotopic (exact) mass is 297 g/mol. The van der Waals surface area contributed by atoms with Crippen LogP contribution in [0.1, 0.15) is 36.5 Å². The second-order valence-electron chi connectivity index (χ2n) is 4.45. The van der Waals surface area contributed by atoms with E-state index in [1.807, 2.05) is 5.38 Å². The average Bonchev–Trinajstić information content (AvgIpc) is 3.00. The van der Waals surface area contributed by atoms with Gasteiger partial charge in [-0.1, -0.05) is 19.8 Å². The van der Waals surface area contributed by atoms with Gasteiger partial charge in [-0.05, 0) is 29.6 Å². The van der Waals surface area contributed by atoms with Gasteiger partial charge in [0.15, 0.2) is 6.54 Å². The van der Waals surface area contributed by atoms with Crippen LogP contribution < -0.4 is 5.73 Å². The minimum absolute atomic E-state index is 0.0282. The molecule has 0 radical (unpaired) electrons. The zero-order valence-electron chi connectivity index (χ0n) is 10.8. The minimum atomic E-state index is -0.116. The van der Waals surface area contributed by atoms with E-state index >= 15 is 0 Å². The highest BCUT2D eigenvalue weighted by molar-refractivity contribution is 8.15. The number of hydrogen-bond donors (Lipinski definition) is 1. The Morgan fingerprint density at radius 1 is 1.53 bits per heavy atom. The van der Waals surface area contributed by atoms with Crippen molar-refractivity contribution in [3.63, 3.8) is 0 Å². The summed E-state index contributed by atoms with van der Waals surface area (Å²) >= 11 is 2.85. The van der Waals surface area contributed by atoms with Crippen molar-refractivity contribution in [1.29, 1.82) is 0 Å². The lowest BCUT2D eigenvalue weighted by Crippen LogP contribution is -2.32. The van der Waals surface area contributed by atoms with Crippen LogP contribution in [-0.2, 0) is 4.79 Å². The van der Waals surface area contributed by atoms with Crippen molar-refractivity contribution >= 4 is 40.0 Å². The van der Waals surface area contributed by atoms with Gasteiger partial charge in [0.25, 0.3) is 0 Å². The third-order valence-electron chi connectivity index (χ3n) is 3.04. The van der Waals surface area contributed by atoms with Gasteiger partial charge in [-0.3, -0.25) is 10.5 Å². The predicted molar refractivity (Wildman–Crippen MR) is 78.9 cm³/mol. The zero-order chi connectivity index (χ0) is 13.8. The molecule has 1 aliphatic rings. The summed E-state index contributed by atoms with van der Waals surface area (Å²) in [5.74, 6) is -0.0891. The molecule has 1 aliphatic heterocycles. The summed E-state index contributed by atoms with van der Waals surface area (Å²) in [6, 6.07) is 1.77. The number of nitrogens with zero attached hydrogens (tertiary/aromatic N) is 1. The summed E-state index contributed by atoms with van der Waals surface area (Å²) in [5, 5.41) is 3.98. The molecule has 2 rings (SSSR count). The number of thiophene rings is 1. The molecular weight excluding hydrogens is 280 g/mol. The van der Waals surface area contributed by atoms with E-state index in [9.17, 15) is 9.59 Å². The first kappa shape index (κ1) is 14.3. The Morgan fingerprint density at radius 2 is 2.32 bits per heavy atom. The first-order chi connectivity index (χ1) is 9.13. The van der Waals surface area contributed by atoms with E-state index in [-0.39, 0.29) is 23.5 Å². The summed E-state index contributed by atoms with van der Waals surface area (Å²) in [6.07, 6.45) is 2.88. The van der Waals surface area contributed by atoms with Crippen LogP contribution in [0.2, 0.25) is 0 Å². The molecule has 0 bridgehead atoms. The van der Waals surface area contributed by atoms with Gasteiger partial charge in [0.1, 0.15) is 5.25 Å². The largest absolute Gasteiger partial charge is 0.324 e. The highest BCUT2D eigenvalue weighted by atomic mass is 32.2. The third kappa shape index (κ3) is 3.25. The minimum Gasteiger partial charge on any atom is -0.290 e. The van der Waals surface area contributed by atoms with Crippen molar-refractivity contribution in [3.8, 4) is 0 Å². The lowest BCUT2D eigenvalue weighted by molar-refractivity contribution is -0.431. The van der Waals surface area contributed by atoms with Gasteiger partial charge in [-0.2, -0.15) is 15.9 Å². The van der Waals surface area contributed by atoms with E-state index in [0.29, 0.717) is 10.7 Å². The van der Waals surface area contributed by atoms with Gasteiger partial charge < -0.3 is 0 Å². The molecule has 1 atom stereocenters. The number of carbonyl (C=O) groups is 2. The Hall–Kier alpha value is -1.14. The van der Waals surface area contributed by atoms with Crippen molar-refractivity contribution in [2.24, 2.45) is 5.73 Å². The van der Waals surface area contributed by atoms with Crippen LogP contribution in [-0.4, -0.2) is 33.2 Å². The van der Waals surface area contributed by atoms with Crippen molar-refractivity contribution in [2.45, 2.75) is 31.4 Å². The fourth-order valence-corrected chi connectivity index (χ4v) is 3.67. The molecular formula is C13H17N2O2S2+. The fourth-order valence-electron chi connectivity index (χ4n) is 1.93. The number of ketones is 1. The number of nitrogens with two attached hydrogens (primary N) is 1. The van der Waals surface area contributed by atoms with Gasteiger partial charge in [0.2, 0.25) is 5.78 Å². The van der Waals surface area contributed by atoms with Gasteiger partial charge in [0, 0.05) is 10.9 Å². The number of carbonyl (C=O) groups excluding carboxylic acids is 2. The molecule has 0 saturated heterocycles. The molecule has 0 aliphatic carbocycles. The molecule has 2 heterocycles. The first-order valence-corrected chi connectivity index (χ1v) is 8.11. The molecule has 0 fully saturated rings. The molecule has 2 N–H and O–H groups in total. The second kappa shape index (κ2) is 6.34. The number of rotatable bonds is 6. The maximum atomic E-state index is 12.2. The SMILES string of the molecule is CCCCC1SC(N)=[N+](CC(=O)c2ccsc2)C1=O. The Bertz CT molecular complexity index is 509. The number of Topliss-reactive ketones (excluding diaryl/α,β-unsaturated/α-hetero) is 1. The van der Waals surface area contributed by atoms with Crippen molar-refractivity contribution in [1.82, 2.24) is 0 Å². The van der Waals surface area contributed by atoms with E-state index in [4.69, 9.17) is 5.73 Å². The van der Waals surface area contributed by atoms with Crippen LogP contribution in [0, 0.1) is 0 Å². The molecule has 1 aromatic rings. The quantitative estimate of drug-likeness (QED) is 0.645. The maximum absolute atomic E-state index is 12.2. The van der Waals surface area contributed by atoms with Gasteiger partial charge in [-0.15, -0.1) is 0 Å². The molecule has 1 aromatic heterocycles. The number of thioether (sulfide) groups is 1. The standard InChI is InChI=1S/C13H16N2O2S2/c1-2-3-4-11-12(17)15(13(14)19-11)7-10(16)9-5-6-18-8-9/h5-6,8,11,14H,2-4,7H2,1H3/p+1. The first-order valence-electron chi connectivity index (χ1n) is 6.29. The predicted octanol–water partition coefficient (Wildman–Crippen LogP) is 2.09. The summed E-state index contributed by atoms with van der Waals surface area (Å²) < 4.78 is 1.42. The molecule has 19 heavy (non-hydrogen) atoms. The van der Waals surface area contributed by atoms with Crippen LogP contribution >= 0.6 is 23.1 Å². The van der Waals surface area contributed by atoms with E-state index < -0.39 is 0 Å². The molecule has 1 unspecified atom stereocenters. The van der Waals surface area contributed by atoms with Crippen LogP contribution in [0.3, 0.4) is 0 Å². The summed E-state index contributed by atoms with van der Waals surface area (Å²) in [5.41, 5.74) is 6.51. The van der Waals surface area contributed by atoms with Crippen molar-refractivity contribution in [3.05, 3.63) is 22.4 Å². The summed E-state index contributed by atoms with van der Waals surface area (Å²) in [7, 11) is 0. The Morgan fingerprint density at radius 3 is 2.95 bits per heavy atom. The van der Waals surface area contributed by atoms with Gasteiger partial charge in [0.05, 0.1) is 0 Å². The van der Waals surface area contributed by atoms with Crippen LogP contribution in [0.5, 0.6) is 0 Å². The van der Waals surface area contributed by atoms with Crippen LogP contribution in [0.25, 0.3) is 0 Å². The topological polar surface area (TPSA) is 63.2 Å². The number of unbranched alkanes of at least 4 members (excludes halogenated alkanes) is 1. The van der Waals surface area contributed by atoms with Gasteiger partial charge in [-0.25, -0.2) is 4.79 Å². The number of hydrogen-bond acceptors (Lipinski definition) is 5. The second-order valence-corrected chi connectivity index (χ2v) is 6.45.